The molecule has 0 spiro atoms. The molecule has 2 aliphatic heterocycles. The third-order valence-corrected chi connectivity index (χ3v) is 5.87. The smallest absolute Gasteiger partial charge is 0.410 e. The van der Waals surface area contributed by atoms with Crippen molar-refractivity contribution in [2.75, 3.05) is 36.1 Å². The fourth-order valence-electron chi connectivity index (χ4n) is 4.30. The van der Waals surface area contributed by atoms with Crippen LogP contribution >= 0.6 is 0 Å². The van der Waals surface area contributed by atoms with Gasteiger partial charge in [-0.2, -0.15) is 0 Å². The Morgan fingerprint density at radius 3 is 2.30 bits per heavy atom. The number of piperidine rings is 2. The van der Waals surface area contributed by atoms with Gasteiger partial charge in [0, 0.05) is 44.6 Å². The van der Waals surface area contributed by atoms with E-state index in [-0.39, 0.29) is 6.09 Å². The first-order chi connectivity index (χ1) is 14.3. The Labute approximate surface area is 179 Å². The van der Waals surface area contributed by atoms with Gasteiger partial charge >= 0.3 is 6.09 Å². The summed E-state index contributed by atoms with van der Waals surface area (Å²) in [6.07, 6.45) is 8.64. The molecule has 0 aromatic carbocycles. The lowest BCUT2D eigenvalue weighted by Crippen LogP contribution is -2.44. The number of anilines is 2. The van der Waals surface area contributed by atoms with E-state index in [1.807, 2.05) is 31.7 Å². The number of likely N-dealkylation sites (tertiary alicyclic amines) is 1. The van der Waals surface area contributed by atoms with Gasteiger partial charge in [-0.05, 0) is 58.3 Å². The van der Waals surface area contributed by atoms with E-state index >= 15 is 0 Å². The minimum atomic E-state index is -0.441. The molecule has 0 aliphatic carbocycles. The Morgan fingerprint density at radius 1 is 1.13 bits per heavy atom. The molecule has 0 bridgehead atoms. The first kappa shape index (κ1) is 22.1. The fraction of sp³-hybridized carbons (Fsp3) is 0.667. The van der Waals surface area contributed by atoms with Gasteiger partial charge in [0.05, 0.1) is 0 Å². The van der Waals surface area contributed by atoms with Crippen LogP contribution in [-0.4, -0.2) is 52.7 Å². The molecule has 9 nitrogen and oxygen atoms in total. The van der Waals surface area contributed by atoms with E-state index in [2.05, 4.69) is 14.9 Å². The number of aromatic nitrogens is 2. The van der Waals surface area contributed by atoms with Crippen LogP contribution in [0.15, 0.2) is 24.8 Å². The van der Waals surface area contributed by atoms with Crippen molar-refractivity contribution in [3.63, 3.8) is 0 Å². The van der Waals surface area contributed by atoms with Gasteiger partial charge in [0.25, 0.3) is 0 Å². The standard InChI is InChI=1S/C21H35N7O2/c1-21(2,3)30-20(29)27-11-6-17(7-12-27)16-4-9-26(10-5-16)18-14-19(25-15-24-18)28(23)13-8-22/h8,13-17H,4-7,9-12,22-23H2,1-3H3/b13-8-. The molecule has 166 valence electrons. The molecule has 2 saturated heterocycles. The van der Waals surface area contributed by atoms with Crippen molar-refractivity contribution in [2.45, 2.75) is 52.1 Å². The third-order valence-electron chi connectivity index (χ3n) is 5.87. The zero-order valence-corrected chi connectivity index (χ0v) is 18.3. The van der Waals surface area contributed by atoms with Crippen LogP contribution < -0.4 is 21.5 Å². The molecule has 2 aliphatic rings. The van der Waals surface area contributed by atoms with E-state index in [1.165, 1.54) is 17.5 Å². The minimum absolute atomic E-state index is 0.186. The summed E-state index contributed by atoms with van der Waals surface area (Å²) in [7, 11) is 0. The van der Waals surface area contributed by atoms with Crippen molar-refractivity contribution in [3.05, 3.63) is 24.8 Å². The van der Waals surface area contributed by atoms with Crippen molar-refractivity contribution >= 4 is 17.7 Å². The maximum atomic E-state index is 12.3. The zero-order valence-electron chi connectivity index (χ0n) is 18.3. The highest BCUT2D eigenvalue weighted by Gasteiger charge is 2.32. The zero-order chi connectivity index (χ0) is 21.7. The number of carbonyl (C=O) groups is 1. The minimum Gasteiger partial charge on any atom is -0.444 e. The number of hydrazine groups is 1. The van der Waals surface area contributed by atoms with E-state index < -0.39 is 5.60 Å². The molecule has 9 heteroatoms. The van der Waals surface area contributed by atoms with E-state index in [0.29, 0.717) is 17.7 Å². The molecule has 2 fully saturated rings. The van der Waals surface area contributed by atoms with Crippen molar-refractivity contribution in [2.24, 2.45) is 23.4 Å². The second-order valence-corrected chi connectivity index (χ2v) is 9.11. The predicted molar refractivity (Wildman–Crippen MR) is 117 cm³/mol. The highest BCUT2D eigenvalue weighted by molar-refractivity contribution is 5.68. The molecular formula is C21H35N7O2. The van der Waals surface area contributed by atoms with Gasteiger partial charge < -0.3 is 20.3 Å². The van der Waals surface area contributed by atoms with Crippen LogP contribution in [0.5, 0.6) is 0 Å². The Kier molecular flexibility index (Phi) is 7.02. The predicted octanol–water partition coefficient (Wildman–Crippen LogP) is 2.45. The van der Waals surface area contributed by atoms with Crippen LogP contribution in [0.25, 0.3) is 0 Å². The van der Waals surface area contributed by atoms with E-state index in [9.17, 15) is 4.79 Å². The number of hydrogen-bond donors (Lipinski definition) is 2. The van der Waals surface area contributed by atoms with Gasteiger partial charge in [-0.25, -0.2) is 20.6 Å². The molecule has 1 aromatic rings. The summed E-state index contributed by atoms with van der Waals surface area (Å²) in [5, 5.41) is 1.39. The van der Waals surface area contributed by atoms with Crippen LogP contribution in [0.4, 0.5) is 16.4 Å². The number of rotatable bonds is 4. The van der Waals surface area contributed by atoms with Gasteiger partial charge in [-0.15, -0.1) is 0 Å². The fourth-order valence-corrected chi connectivity index (χ4v) is 4.30. The number of amides is 1. The Morgan fingerprint density at radius 2 is 1.73 bits per heavy atom. The molecule has 0 radical (unpaired) electrons. The molecule has 30 heavy (non-hydrogen) atoms. The number of ether oxygens (including phenoxy) is 1. The average Bonchev–Trinajstić information content (AvgIpc) is 2.73. The topological polar surface area (TPSA) is 114 Å². The van der Waals surface area contributed by atoms with Gasteiger partial charge in [-0.1, -0.05) is 0 Å². The Balaban J connectivity index is 1.49. The van der Waals surface area contributed by atoms with Crippen molar-refractivity contribution in [1.82, 2.24) is 14.9 Å². The van der Waals surface area contributed by atoms with Gasteiger partial charge in [0.15, 0.2) is 5.82 Å². The monoisotopic (exact) mass is 417 g/mol. The lowest BCUT2D eigenvalue weighted by Gasteiger charge is -2.40. The lowest BCUT2D eigenvalue weighted by atomic mass is 9.79. The number of hydrogen-bond acceptors (Lipinski definition) is 8. The quantitative estimate of drug-likeness (QED) is 0.567. The summed E-state index contributed by atoms with van der Waals surface area (Å²) in [4.78, 5) is 25.0. The molecule has 0 unspecified atom stereocenters. The highest BCUT2D eigenvalue weighted by atomic mass is 16.6. The molecule has 1 aromatic heterocycles. The van der Waals surface area contributed by atoms with Crippen LogP contribution in [0, 0.1) is 11.8 Å². The maximum Gasteiger partial charge on any atom is 0.410 e. The van der Waals surface area contributed by atoms with Crippen molar-refractivity contribution in [1.29, 1.82) is 0 Å². The SMILES string of the molecule is CC(C)(C)OC(=O)N1CCC(C2CCN(c3cc(N(N)/C=C\N)ncn3)CC2)CC1. The molecule has 3 rings (SSSR count). The molecule has 4 N–H and O–H groups in total. The second kappa shape index (κ2) is 9.51. The summed E-state index contributed by atoms with van der Waals surface area (Å²) in [6.45, 7) is 9.23. The second-order valence-electron chi connectivity index (χ2n) is 9.11. The molecular weight excluding hydrogens is 382 g/mol. The lowest BCUT2D eigenvalue weighted by molar-refractivity contribution is 0.0152. The summed E-state index contributed by atoms with van der Waals surface area (Å²) >= 11 is 0. The number of carbonyl (C=O) groups excluding carboxylic acids is 1. The van der Waals surface area contributed by atoms with E-state index in [1.54, 1.807) is 6.20 Å². The van der Waals surface area contributed by atoms with Crippen LogP contribution in [-0.2, 0) is 4.74 Å². The van der Waals surface area contributed by atoms with Gasteiger partial charge in [0.1, 0.15) is 17.7 Å². The van der Waals surface area contributed by atoms with E-state index in [0.717, 1.165) is 57.7 Å². The summed E-state index contributed by atoms with van der Waals surface area (Å²) < 4.78 is 5.51. The van der Waals surface area contributed by atoms with Gasteiger partial charge in [0.2, 0.25) is 0 Å². The largest absolute Gasteiger partial charge is 0.444 e. The van der Waals surface area contributed by atoms with Gasteiger partial charge in [-0.3, -0.25) is 5.01 Å². The third kappa shape index (κ3) is 5.75. The first-order valence-electron chi connectivity index (χ1n) is 10.7. The van der Waals surface area contributed by atoms with Crippen LogP contribution in [0.1, 0.15) is 46.5 Å². The molecule has 0 atom stereocenters. The average molecular weight is 418 g/mol. The Hall–Kier alpha value is -2.55. The molecule has 3 heterocycles. The van der Waals surface area contributed by atoms with Crippen molar-refractivity contribution < 1.29 is 9.53 Å². The number of nitrogens with two attached hydrogens (primary N) is 2. The first-order valence-corrected chi connectivity index (χ1v) is 10.7. The van der Waals surface area contributed by atoms with Crippen LogP contribution in [0.2, 0.25) is 0 Å². The summed E-state index contributed by atoms with van der Waals surface area (Å²) in [5.41, 5.74) is 4.96. The molecule has 0 saturated carbocycles. The highest BCUT2D eigenvalue weighted by Crippen LogP contribution is 2.34. The maximum absolute atomic E-state index is 12.3. The van der Waals surface area contributed by atoms with Crippen LogP contribution in [0.3, 0.4) is 0 Å². The Bertz CT molecular complexity index is 733. The number of nitrogens with zero attached hydrogens (tertiary/aromatic N) is 5. The normalized spacial score (nSPS) is 19.3. The van der Waals surface area contributed by atoms with E-state index in [4.69, 9.17) is 16.3 Å². The molecule has 1 amide bonds. The summed E-state index contributed by atoms with van der Waals surface area (Å²) in [6, 6.07) is 1.89. The van der Waals surface area contributed by atoms with Crippen molar-refractivity contribution in [3.8, 4) is 0 Å². The summed E-state index contributed by atoms with van der Waals surface area (Å²) in [5.74, 6) is 8.77.